The third-order valence-corrected chi connectivity index (χ3v) is 13.4. The van der Waals surface area contributed by atoms with Gasteiger partial charge in [0.15, 0.2) is 14.6 Å². The van der Waals surface area contributed by atoms with Crippen LogP contribution in [0.2, 0.25) is 18.1 Å². The largest absolute Gasteiger partial charge is 0.415 e. The van der Waals surface area contributed by atoms with Crippen molar-refractivity contribution < 1.29 is 14.3 Å². The summed E-state index contributed by atoms with van der Waals surface area (Å²) in [5.41, 5.74) is 3.10. The fourth-order valence-electron chi connectivity index (χ4n) is 3.47. The minimum Gasteiger partial charge on any atom is -0.415 e. The summed E-state index contributed by atoms with van der Waals surface area (Å²) in [5, 5.41) is 9.60. The van der Waals surface area contributed by atoms with Crippen molar-refractivity contribution in [3.8, 4) is 10.4 Å². The summed E-state index contributed by atoms with van der Waals surface area (Å²) < 4.78 is 6.38. The lowest BCUT2D eigenvalue weighted by atomic mass is 10.1. The van der Waals surface area contributed by atoms with E-state index in [1.807, 2.05) is 12.1 Å². The van der Waals surface area contributed by atoms with Crippen LogP contribution in [-0.2, 0) is 11.0 Å². The Balaban J connectivity index is 1.63. The van der Waals surface area contributed by atoms with Gasteiger partial charge in [-0.2, -0.15) is 0 Å². The number of anilines is 1. The molecule has 3 aromatic rings. The minimum atomic E-state index is -1.73. The maximum atomic E-state index is 11.1. The van der Waals surface area contributed by atoms with Crippen LogP contribution < -0.4 is 4.90 Å². The molecule has 0 bridgehead atoms. The van der Waals surface area contributed by atoms with E-state index in [-0.39, 0.29) is 11.6 Å². The van der Waals surface area contributed by atoms with Crippen molar-refractivity contribution >= 4 is 55.1 Å². The summed E-state index contributed by atoms with van der Waals surface area (Å²) >= 11 is 3.14. The molecular weight excluding hydrogens is 491 g/mol. The Morgan fingerprint density at radius 1 is 1.03 bits per heavy atom. The van der Waals surface area contributed by atoms with Gasteiger partial charge < -0.3 is 14.4 Å². The third kappa shape index (κ3) is 7.02. The molecule has 7 heteroatoms. The Bertz CT molecular complexity index is 1140. The van der Waals surface area contributed by atoms with E-state index in [2.05, 4.69) is 88.2 Å². The molecule has 0 unspecified atom stereocenters. The summed E-state index contributed by atoms with van der Waals surface area (Å²) in [7, 11) is -1.73. The van der Waals surface area contributed by atoms with Gasteiger partial charge >= 0.3 is 0 Å². The van der Waals surface area contributed by atoms with Gasteiger partial charge in [0.1, 0.15) is 0 Å². The Hall–Kier alpha value is -2.03. The normalized spacial score (nSPS) is 12.4. The van der Waals surface area contributed by atoms with E-state index in [1.54, 1.807) is 11.3 Å². The summed E-state index contributed by atoms with van der Waals surface area (Å²) in [6.07, 6.45) is 4.87. The van der Waals surface area contributed by atoms with Crippen LogP contribution in [0.15, 0.2) is 42.5 Å². The van der Waals surface area contributed by atoms with E-state index < -0.39 is 8.32 Å². The lowest BCUT2D eigenvalue weighted by molar-refractivity contribution is 0.112. The highest BCUT2D eigenvalue weighted by Gasteiger charge is 2.36. The number of rotatable bonds is 11. The predicted molar refractivity (Wildman–Crippen MR) is 155 cm³/mol. The summed E-state index contributed by atoms with van der Waals surface area (Å²) in [6, 6.07) is 14.9. The van der Waals surface area contributed by atoms with E-state index >= 15 is 0 Å². The smallest absolute Gasteiger partial charge is 0.192 e. The zero-order chi connectivity index (χ0) is 25.6. The Labute approximate surface area is 219 Å². The van der Waals surface area contributed by atoms with Crippen molar-refractivity contribution in [2.24, 2.45) is 0 Å². The monoisotopic (exact) mass is 527 g/mol. The van der Waals surface area contributed by atoms with Crippen LogP contribution in [0, 0.1) is 0 Å². The van der Waals surface area contributed by atoms with E-state index in [0.717, 1.165) is 35.7 Å². The summed E-state index contributed by atoms with van der Waals surface area (Å²) in [4.78, 5) is 17.4. The summed E-state index contributed by atoms with van der Waals surface area (Å²) in [6.45, 7) is 16.1. The van der Waals surface area contributed by atoms with Crippen LogP contribution in [0.1, 0.15) is 52.7 Å². The molecule has 0 aliphatic carbocycles. The van der Waals surface area contributed by atoms with Crippen LogP contribution in [0.3, 0.4) is 0 Å². The molecule has 4 nitrogen and oxygen atoms in total. The average Bonchev–Trinajstić information content (AvgIpc) is 3.46. The van der Waals surface area contributed by atoms with Crippen molar-refractivity contribution in [1.29, 1.82) is 0 Å². The third-order valence-electron chi connectivity index (χ3n) is 6.71. The lowest BCUT2D eigenvalue weighted by Gasteiger charge is -2.37. The minimum absolute atomic E-state index is 0.114. The fraction of sp³-hybridized carbons (Fsp3) is 0.393. The van der Waals surface area contributed by atoms with Crippen LogP contribution in [-0.4, -0.2) is 39.4 Å². The highest BCUT2D eigenvalue weighted by Crippen LogP contribution is 2.36. The van der Waals surface area contributed by atoms with Crippen molar-refractivity contribution in [2.45, 2.75) is 52.4 Å². The number of likely N-dealkylation sites (N-methyl/N-ethyl adjacent to an activating group) is 1. The number of nitrogens with zero attached hydrogens (tertiary/aromatic N) is 1. The quantitative estimate of drug-likeness (QED) is 0.204. The molecule has 3 rings (SSSR count). The van der Waals surface area contributed by atoms with Crippen molar-refractivity contribution in [2.75, 3.05) is 24.6 Å². The predicted octanol–water partition coefficient (Wildman–Crippen LogP) is 7.80. The molecule has 0 saturated heterocycles. The van der Waals surface area contributed by atoms with Gasteiger partial charge in [0.2, 0.25) is 0 Å². The van der Waals surface area contributed by atoms with E-state index in [1.165, 1.54) is 27.5 Å². The molecule has 2 aromatic heterocycles. The molecule has 188 valence electrons. The highest BCUT2D eigenvalue weighted by atomic mass is 32.1. The molecule has 0 aliphatic heterocycles. The van der Waals surface area contributed by atoms with Crippen molar-refractivity contribution in [3.05, 3.63) is 62.7 Å². The van der Waals surface area contributed by atoms with Gasteiger partial charge in [-0.1, -0.05) is 32.9 Å². The second-order valence-electron chi connectivity index (χ2n) is 10.1. The van der Waals surface area contributed by atoms with Gasteiger partial charge in [-0.25, -0.2) is 0 Å². The number of hydrogen-bond acceptors (Lipinski definition) is 6. The van der Waals surface area contributed by atoms with Gasteiger partial charge in [-0.05, 0) is 78.7 Å². The fourth-order valence-corrected chi connectivity index (χ4v) is 6.31. The molecule has 0 aliphatic rings. The molecule has 1 N–H and O–H groups in total. The molecule has 1 aromatic carbocycles. The van der Waals surface area contributed by atoms with Gasteiger partial charge in [-0.3, -0.25) is 4.79 Å². The Morgan fingerprint density at radius 2 is 1.71 bits per heavy atom. The van der Waals surface area contributed by atoms with E-state index in [0.29, 0.717) is 10.4 Å². The second-order valence-corrected chi connectivity index (χ2v) is 17.1. The summed E-state index contributed by atoms with van der Waals surface area (Å²) in [5.74, 6) is 0. The van der Waals surface area contributed by atoms with Crippen LogP contribution in [0.25, 0.3) is 22.6 Å². The lowest BCUT2D eigenvalue weighted by Crippen LogP contribution is -2.42. The average molecular weight is 528 g/mol. The van der Waals surface area contributed by atoms with Crippen LogP contribution in [0.5, 0.6) is 0 Å². The van der Waals surface area contributed by atoms with Gasteiger partial charge in [0.25, 0.3) is 0 Å². The maximum Gasteiger partial charge on any atom is 0.192 e. The number of aliphatic hydroxyl groups excluding tert-OH is 1. The van der Waals surface area contributed by atoms with Gasteiger partial charge in [-0.15, -0.1) is 22.7 Å². The number of hydrogen-bond donors (Lipinski definition) is 1. The number of aliphatic hydroxyl groups is 1. The first-order chi connectivity index (χ1) is 16.6. The molecule has 0 amide bonds. The van der Waals surface area contributed by atoms with Crippen LogP contribution in [0.4, 0.5) is 5.69 Å². The highest BCUT2D eigenvalue weighted by molar-refractivity contribution is 7.16. The molecule has 0 saturated carbocycles. The first kappa shape index (κ1) is 27.6. The van der Waals surface area contributed by atoms with Crippen molar-refractivity contribution in [3.63, 3.8) is 0 Å². The first-order valence-electron chi connectivity index (χ1n) is 12.0. The molecule has 2 heterocycles. The van der Waals surface area contributed by atoms with Crippen LogP contribution >= 0.6 is 22.7 Å². The van der Waals surface area contributed by atoms with E-state index in [4.69, 9.17) is 4.43 Å². The number of carbonyl (C=O) groups excluding carboxylic acids is 1. The molecule has 0 radical (unpaired) electrons. The van der Waals surface area contributed by atoms with Crippen molar-refractivity contribution in [1.82, 2.24) is 0 Å². The SMILES string of the molecule is CCN(CCO[Si](C)(C)C(C)(C)C)c1ccc(-c2ccc(C=Cc3cc(CO)c(C=O)s3)s2)cc1. The number of thiophene rings is 2. The topological polar surface area (TPSA) is 49.8 Å². The number of benzene rings is 1. The standard InChI is InChI=1S/C28H37NO3S2Si/c1-7-29(16-17-32-35(5,6)28(2,3)4)23-10-8-21(9-11-23)26-15-14-24(33-26)12-13-25-18-22(19-30)27(20-31)34-25/h8-15,18,20,30H,7,16-17,19H2,1-6H3. The van der Waals surface area contributed by atoms with Gasteiger partial charge in [0, 0.05) is 33.4 Å². The Morgan fingerprint density at radius 3 is 2.29 bits per heavy atom. The zero-order valence-corrected chi connectivity index (χ0v) is 24.3. The molecule has 35 heavy (non-hydrogen) atoms. The Kier molecular flexibility index (Phi) is 9.29. The van der Waals surface area contributed by atoms with Gasteiger partial charge in [0.05, 0.1) is 18.1 Å². The molecule has 0 spiro atoms. The number of carbonyl (C=O) groups is 1. The molecular formula is C28H37NO3S2Si. The van der Waals surface area contributed by atoms with E-state index in [9.17, 15) is 9.90 Å². The molecule has 0 atom stereocenters. The second kappa shape index (κ2) is 11.8. The molecule has 0 fully saturated rings. The maximum absolute atomic E-state index is 11.1. The number of aldehydes is 1. The first-order valence-corrected chi connectivity index (χ1v) is 16.6. The zero-order valence-electron chi connectivity index (χ0n) is 21.6.